The van der Waals surface area contributed by atoms with Crippen LogP contribution in [0, 0.1) is 0 Å². The van der Waals surface area contributed by atoms with Crippen molar-refractivity contribution in [3.8, 4) is 5.69 Å². The van der Waals surface area contributed by atoms with E-state index in [9.17, 15) is 0 Å². The van der Waals surface area contributed by atoms with Crippen molar-refractivity contribution in [2.75, 3.05) is 11.9 Å². The van der Waals surface area contributed by atoms with E-state index in [4.69, 9.17) is 28.3 Å². The molecule has 0 saturated carbocycles. The van der Waals surface area contributed by atoms with Crippen LogP contribution in [0.15, 0.2) is 35.7 Å². The molecule has 0 bridgehead atoms. The number of anilines is 1. The van der Waals surface area contributed by atoms with Crippen molar-refractivity contribution in [2.24, 2.45) is 0 Å². The maximum absolute atomic E-state index is 6.43. The Bertz CT molecular complexity index is 856. The highest BCUT2D eigenvalue weighted by atomic mass is 35.5. The van der Waals surface area contributed by atoms with Gasteiger partial charge < -0.3 is 5.32 Å². The first-order valence-corrected chi connectivity index (χ1v) is 9.68. The van der Waals surface area contributed by atoms with E-state index in [2.05, 4.69) is 22.8 Å². The van der Waals surface area contributed by atoms with Gasteiger partial charge in [0.15, 0.2) is 0 Å². The van der Waals surface area contributed by atoms with Crippen LogP contribution in [-0.2, 0) is 12.8 Å². The number of hydrogen-bond donors (Lipinski definition) is 1. The largest absolute Gasteiger partial charge is 0.370 e. The van der Waals surface area contributed by atoms with Crippen molar-refractivity contribution >= 4 is 40.4 Å². The number of fused-ring (bicyclic) bond motifs is 1. The molecule has 0 amide bonds. The fraction of sp³-hybridized carbons (Fsp3) is 0.278. The summed E-state index contributed by atoms with van der Waals surface area (Å²) in [5.41, 5.74) is 3.31. The lowest BCUT2D eigenvalue weighted by Gasteiger charge is -2.11. The average Bonchev–Trinajstić information content (AvgIpc) is 3.10. The maximum atomic E-state index is 6.43. The van der Waals surface area contributed by atoms with Gasteiger partial charge in [0.25, 0.3) is 0 Å². The number of aromatic nitrogens is 2. The number of nitrogens with zero attached hydrogens (tertiary/aromatic N) is 2. The van der Waals surface area contributed by atoms with Gasteiger partial charge in [-0.15, -0.1) is 11.3 Å². The lowest BCUT2D eigenvalue weighted by molar-refractivity contribution is 0.768. The topological polar surface area (TPSA) is 29.9 Å². The van der Waals surface area contributed by atoms with E-state index < -0.39 is 0 Å². The molecule has 1 aliphatic rings. The minimum absolute atomic E-state index is 0.613. The summed E-state index contributed by atoms with van der Waals surface area (Å²) in [7, 11) is 0. The van der Waals surface area contributed by atoms with Crippen LogP contribution in [0.3, 0.4) is 0 Å². The second kappa shape index (κ2) is 6.79. The van der Waals surface area contributed by atoms with E-state index in [1.807, 2.05) is 16.8 Å². The lowest BCUT2D eigenvalue weighted by atomic mass is 10.1. The van der Waals surface area contributed by atoms with Crippen LogP contribution in [0.4, 0.5) is 5.82 Å². The third-order valence-corrected chi connectivity index (χ3v) is 5.69. The molecule has 0 aliphatic carbocycles. The molecule has 1 aliphatic heterocycles. The molecule has 3 aromatic rings. The normalized spacial score (nSPS) is 14.1. The van der Waals surface area contributed by atoms with Crippen LogP contribution in [0.25, 0.3) is 5.69 Å². The number of benzene rings is 1. The zero-order chi connectivity index (χ0) is 16.5. The van der Waals surface area contributed by atoms with Crippen molar-refractivity contribution in [3.05, 3.63) is 61.9 Å². The SMILES string of the molecule is Clc1ccc(-n2nc(Cc3cccs3)c3c2NCCCC3)c(Cl)c1. The second-order valence-electron chi connectivity index (χ2n) is 5.92. The Labute approximate surface area is 155 Å². The Hall–Kier alpha value is -1.49. The van der Waals surface area contributed by atoms with Gasteiger partial charge in [-0.3, -0.25) is 0 Å². The van der Waals surface area contributed by atoms with Gasteiger partial charge in [0, 0.05) is 28.4 Å². The molecule has 124 valence electrons. The van der Waals surface area contributed by atoms with Gasteiger partial charge in [0.1, 0.15) is 5.82 Å². The Morgan fingerprint density at radius 2 is 2.12 bits per heavy atom. The van der Waals surface area contributed by atoms with E-state index in [1.165, 1.54) is 23.3 Å². The first-order valence-electron chi connectivity index (χ1n) is 8.05. The molecule has 0 radical (unpaired) electrons. The first kappa shape index (κ1) is 16.0. The molecular weight excluding hydrogens is 361 g/mol. The summed E-state index contributed by atoms with van der Waals surface area (Å²) in [5, 5.41) is 11.8. The number of thiophene rings is 1. The first-order chi connectivity index (χ1) is 11.7. The zero-order valence-electron chi connectivity index (χ0n) is 13.1. The molecule has 2 aromatic heterocycles. The maximum Gasteiger partial charge on any atom is 0.133 e. The minimum Gasteiger partial charge on any atom is -0.370 e. The van der Waals surface area contributed by atoms with Gasteiger partial charge in [-0.2, -0.15) is 5.10 Å². The molecule has 24 heavy (non-hydrogen) atoms. The molecule has 1 aromatic carbocycles. The molecule has 0 unspecified atom stereocenters. The Morgan fingerprint density at radius 1 is 1.21 bits per heavy atom. The number of hydrogen-bond acceptors (Lipinski definition) is 3. The molecule has 0 spiro atoms. The molecule has 3 nitrogen and oxygen atoms in total. The Morgan fingerprint density at radius 3 is 2.92 bits per heavy atom. The fourth-order valence-electron chi connectivity index (χ4n) is 3.12. The van der Waals surface area contributed by atoms with E-state index in [-0.39, 0.29) is 0 Å². The highest BCUT2D eigenvalue weighted by Gasteiger charge is 2.22. The van der Waals surface area contributed by atoms with Crippen molar-refractivity contribution in [3.63, 3.8) is 0 Å². The van der Waals surface area contributed by atoms with Crippen LogP contribution < -0.4 is 5.32 Å². The zero-order valence-corrected chi connectivity index (χ0v) is 15.4. The van der Waals surface area contributed by atoms with Crippen molar-refractivity contribution in [2.45, 2.75) is 25.7 Å². The van der Waals surface area contributed by atoms with Crippen molar-refractivity contribution < 1.29 is 0 Å². The van der Waals surface area contributed by atoms with E-state index in [0.29, 0.717) is 10.0 Å². The number of halogens is 2. The van der Waals surface area contributed by atoms with Gasteiger partial charge in [0.2, 0.25) is 0 Å². The molecule has 0 atom stereocenters. The summed E-state index contributed by atoms with van der Waals surface area (Å²) in [6.45, 7) is 0.961. The van der Waals surface area contributed by atoms with Crippen LogP contribution in [0.5, 0.6) is 0 Å². The molecule has 0 saturated heterocycles. The summed E-state index contributed by atoms with van der Waals surface area (Å²) >= 11 is 14.2. The highest BCUT2D eigenvalue weighted by Crippen LogP contribution is 2.33. The van der Waals surface area contributed by atoms with Gasteiger partial charge in [-0.25, -0.2) is 4.68 Å². The standard InChI is InChI=1S/C18H17Cl2N3S/c19-12-6-7-17(15(20)10-12)23-18-14(5-1-2-8-21-18)16(22-23)11-13-4-3-9-24-13/h3-4,6-7,9-10,21H,1-2,5,8,11H2. The molecular formula is C18H17Cl2N3S. The monoisotopic (exact) mass is 377 g/mol. The number of nitrogens with one attached hydrogen (secondary N) is 1. The van der Waals surface area contributed by atoms with Crippen LogP contribution in [0.1, 0.15) is 29.0 Å². The quantitative estimate of drug-likeness (QED) is 0.645. The third-order valence-electron chi connectivity index (χ3n) is 4.27. The van der Waals surface area contributed by atoms with Gasteiger partial charge in [-0.1, -0.05) is 29.3 Å². The summed E-state index contributed by atoms with van der Waals surface area (Å²) in [5.74, 6) is 1.07. The highest BCUT2D eigenvalue weighted by molar-refractivity contribution is 7.09. The van der Waals surface area contributed by atoms with Crippen LogP contribution in [-0.4, -0.2) is 16.3 Å². The summed E-state index contributed by atoms with van der Waals surface area (Å²) in [6.07, 6.45) is 4.26. The predicted molar refractivity (Wildman–Crippen MR) is 102 cm³/mol. The van der Waals surface area contributed by atoms with Crippen LogP contribution in [0.2, 0.25) is 10.0 Å². The average molecular weight is 378 g/mol. The Balaban J connectivity index is 1.83. The van der Waals surface area contributed by atoms with Crippen LogP contribution >= 0.6 is 34.5 Å². The summed E-state index contributed by atoms with van der Waals surface area (Å²) in [6, 6.07) is 9.80. The van der Waals surface area contributed by atoms with E-state index in [1.54, 1.807) is 17.4 Å². The van der Waals surface area contributed by atoms with Crippen molar-refractivity contribution in [1.29, 1.82) is 0 Å². The summed E-state index contributed by atoms with van der Waals surface area (Å²) in [4.78, 5) is 1.33. The van der Waals surface area contributed by atoms with E-state index in [0.717, 1.165) is 36.6 Å². The third kappa shape index (κ3) is 3.06. The minimum atomic E-state index is 0.613. The fourth-order valence-corrected chi connectivity index (χ4v) is 4.32. The number of rotatable bonds is 3. The van der Waals surface area contributed by atoms with E-state index >= 15 is 0 Å². The second-order valence-corrected chi connectivity index (χ2v) is 7.80. The molecule has 0 fully saturated rings. The predicted octanol–water partition coefficient (Wildman–Crippen LogP) is 5.58. The van der Waals surface area contributed by atoms with Gasteiger partial charge in [-0.05, 0) is 48.9 Å². The summed E-state index contributed by atoms with van der Waals surface area (Å²) < 4.78 is 1.95. The smallest absolute Gasteiger partial charge is 0.133 e. The van der Waals surface area contributed by atoms with Gasteiger partial charge >= 0.3 is 0 Å². The Kier molecular flexibility index (Phi) is 4.53. The van der Waals surface area contributed by atoms with Gasteiger partial charge in [0.05, 0.1) is 16.4 Å². The molecule has 6 heteroatoms. The molecule has 4 rings (SSSR count). The van der Waals surface area contributed by atoms with Crippen molar-refractivity contribution in [1.82, 2.24) is 9.78 Å². The lowest BCUT2D eigenvalue weighted by Crippen LogP contribution is -2.07. The molecule has 1 N–H and O–H groups in total. The molecule has 3 heterocycles.